The van der Waals surface area contributed by atoms with Gasteiger partial charge < -0.3 is 19.7 Å². The normalized spacial score (nSPS) is 31.8. The third-order valence-corrected chi connectivity index (χ3v) is 6.43. The van der Waals surface area contributed by atoms with E-state index in [4.69, 9.17) is 4.74 Å². The molecule has 0 aromatic rings. The van der Waals surface area contributed by atoms with Crippen LogP contribution in [0.15, 0.2) is 12.2 Å². The van der Waals surface area contributed by atoms with Crippen molar-refractivity contribution in [2.24, 2.45) is 17.8 Å². The first-order chi connectivity index (χ1) is 13.4. The van der Waals surface area contributed by atoms with Crippen molar-refractivity contribution < 1.29 is 24.5 Å². The van der Waals surface area contributed by atoms with Crippen molar-refractivity contribution in [2.45, 2.75) is 102 Å². The van der Waals surface area contributed by atoms with Gasteiger partial charge in [0.1, 0.15) is 0 Å². The van der Waals surface area contributed by atoms with Crippen molar-refractivity contribution in [2.75, 3.05) is 7.11 Å². The number of unbranched alkanes of at least 4 members (excludes halogenated alkanes) is 2. The first-order valence-corrected chi connectivity index (χ1v) is 11.2. The largest absolute Gasteiger partial charge is 0.469 e. The molecule has 0 radical (unpaired) electrons. The van der Waals surface area contributed by atoms with Gasteiger partial charge in [0.25, 0.3) is 0 Å². The van der Waals surface area contributed by atoms with Gasteiger partial charge in [0.05, 0.1) is 31.5 Å². The minimum Gasteiger partial charge on any atom is -0.469 e. The van der Waals surface area contributed by atoms with Crippen LogP contribution in [0.2, 0.25) is 0 Å². The van der Waals surface area contributed by atoms with Crippen LogP contribution in [0, 0.1) is 17.8 Å². The molecule has 28 heavy (non-hydrogen) atoms. The summed E-state index contributed by atoms with van der Waals surface area (Å²) in [6.45, 7) is 4.39. The highest BCUT2D eigenvalue weighted by Crippen LogP contribution is 2.45. The van der Waals surface area contributed by atoms with Crippen molar-refractivity contribution in [1.82, 2.24) is 0 Å². The summed E-state index contributed by atoms with van der Waals surface area (Å²) < 4.78 is 10.8. The standard InChI is InChI=1S/C23H40O5/c1-4-5-8-16(2)13-17(24)11-12-19-20-14-18(28-22(20)15-21(19)25)9-6-7-10-23(26)27-3/h11-12,16-22,24-25H,4-10,13-15H2,1-3H3/t16-,17+,18?,19+,20+,21+,22+/m0/s1. The highest BCUT2D eigenvalue weighted by atomic mass is 16.5. The Hall–Kier alpha value is -0.910. The number of aliphatic hydroxyl groups is 2. The molecular weight excluding hydrogens is 356 g/mol. The molecule has 5 heteroatoms. The van der Waals surface area contributed by atoms with E-state index in [0.29, 0.717) is 24.7 Å². The fourth-order valence-electron chi connectivity index (χ4n) is 4.79. The van der Waals surface area contributed by atoms with E-state index in [1.165, 1.54) is 20.0 Å². The lowest BCUT2D eigenvalue weighted by Crippen LogP contribution is -2.19. The summed E-state index contributed by atoms with van der Waals surface area (Å²) in [5, 5.41) is 20.8. The maximum Gasteiger partial charge on any atom is 0.305 e. The molecule has 2 N–H and O–H groups in total. The Labute approximate surface area is 170 Å². The van der Waals surface area contributed by atoms with Crippen LogP contribution < -0.4 is 0 Å². The van der Waals surface area contributed by atoms with Crippen molar-refractivity contribution in [3.05, 3.63) is 12.2 Å². The van der Waals surface area contributed by atoms with Gasteiger partial charge in [-0.2, -0.15) is 0 Å². The summed E-state index contributed by atoms with van der Waals surface area (Å²) >= 11 is 0. The topological polar surface area (TPSA) is 76.0 Å². The number of carbonyl (C=O) groups excluding carboxylic acids is 1. The van der Waals surface area contributed by atoms with Gasteiger partial charge in [-0.15, -0.1) is 0 Å². The molecule has 162 valence electrons. The van der Waals surface area contributed by atoms with Crippen LogP contribution in [0.4, 0.5) is 0 Å². The molecule has 7 atom stereocenters. The number of fused-ring (bicyclic) bond motifs is 1. The van der Waals surface area contributed by atoms with E-state index in [2.05, 4.69) is 18.6 Å². The number of hydrogen-bond acceptors (Lipinski definition) is 5. The van der Waals surface area contributed by atoms with Gasteiger partial charge in [-0.1, -0.05) is 51.7 Å². The van der Waals surface area contributed by atoms with Gasteiger partial charge in [0.2, 0.25) is 0 Å². The number of aliphatic hydroxyl groups excluding tert-OH is 2. The van der Waals surface area contributed by atoms with Gasteiger partial charge in [-0.05, 0) is 37.5 Å². The second-order valence-corrected chi connectivity index (χ2v) is 8.83. The first kappa shape index (κ1) is 23.4. The van der Waals surface area contributed by atoms with Gasteiger partial charge in [0, 0.05) is 18.8 Å². The average Bonchev–Trinajstić information content (AvgIpc) is 3.18. The fraction of sp³-hybridized carbons (Fsp3) is 0.870. The van der Waals surface area contributed by atoms with Crippen LogP contribution in [0.5, 0.6) is 0 Å². The van der Waals surface area contributed by atoms with Crippen molar-refractivity contribution in [3.63, 3.8) is 0 Å². The summed E-state index contributed by atoms with van der Waals surface area (Å²) in [5.74, 6) is 0.775. The number of rotatable bonds is 12. The molecule has 0 bridgehead atoms. The first-order valence-electron chi connectivity index (χ1n) is 11.2. The molecule has 1 aliphatic heterocycles. The smallest absolute Gasteiger partial charge is 0.305 e. The van der Waals surface area contributed by atoms with Crippen molar-refractivity contribution in [1.29, 1.82) is 0 Å². The summed E-state index contributed by atoms with van der Waals surface area (Å²) in [6.07, 6.45) is 12.6. The van der Waals surface area contributed by atoms with E-state index >= 15 is 0 Å². The maximum absolute atomic E-state index is 11.2. The highest BCUT2D eigenvalue weighted by Gasteiger charge is 2.47. The number of methoxy groups -OCH3 is 1. The average molecular weight is 397 g/mol. The predicted molar refractivity (Wildman–Crippen MR) is 110 cm³/mol. The van der Waals surface area contributed by atoms with Crippen LogP contribution in [0.3, 0.4) is 0 Å². The maximum atomic E-state index is 11.2. The molecular formula is C23H40O5. The van der Waals surface area contributed by atoms with Crippen LogP contribution in [-0.2, 0) is 14.3 Å². The van der Waals surface area contributed by atoms with E-state index in [0.717, 1.165) is 38.5 Å². The Morgan fingerprint density at radius 3 is 2.79 bits per heavy atom. The minimum absolute atomic E-state index is 0.0747. The van der Waals surface area contributed by atoms with Gasteiger partial charge >= 0.3 is 5.97 Å². The Bertz CT molecular complexity index is 491. The Kier molecular flexibility index (Phi) is 9.96. The third kappa shape index (κ3) is 7.16. The molecule has 2 aliphatic rings. The van der Waals surface area contributed by atoms with Crippen LogP contribution >= 0.6 is 0 Å². The zero-order valence-electron chi connectivity index (χ0n) is 17.9. The molecule has 1 saturated heterocycles. The van der Waals surface area contributed by atoms with E-state index in [-0.39, 0.29) is 30.2 Å². The molecule has 0 amide bonds. The minimum atomic E-state index is -0.436. The molecule has 0 spiro atoms. The molecule has 2 fully saturated rings. The summed E-state index contributed by atoms with van der Waals surface area (Å²) in [4.78, 5) is 11.2. The van der Waals surface area contributed by atoms with Gasteiger partial charge in [-0.25, -0.2) is 0 Å². The molecule has 5 nitrogen and oxygen atoms in total. The second kappa shape index (κ2) is 11.9. The molecule has 1 heterocycles. The second-order valence-electron chi connectivity index (χ2n) is 8.83. The monoisotopic (exact) mass is 396 g/mol. The number of carbonyl (C=O) groups is 1. The molecule has 1 unspecified atom stereocenters. The van der Waals surface area contributed by atoms with E-state index in [9.17, 15) is 15.0 Å². The predicted octanol–water partition coefficient (Wildman–Crippen LogP) is 4.01. The Balaban J connectivity index is 1.75. The molecule has 2 rings (SSSR count). The summed E-state index contributed by atoms with van der Waals surface area (Å²) in [7, 11) is 1.42. The van der Waals surface area contributed by atoms with Crippen LogP contribution in [0.1, 0.15) is 78.1 Å². The molecule has 1 aliphatic carbocycles. The molecule has 0 aromatic heterocycles. The van der Waals surface area contributed by atoms with Crippen molar-refractivity contribution in [3.8, 4) is 0 Å². The van der Waals surface area contributed by atoms with Crippen LogP contribution in [-0.4, -0.2) is 47.7 Å². The SMILES string of the molecule is CCCC[C@H](C)C[C@H](O)C=C[C@@H]1[C@H]2CC(CCCCC(=O)OC)O[C@@H]2C[C@H]1O. The van der Waals surface area contributed by atoms with Crippen LogP contribution in [0.25, 0.3) is 0 Å². The zero-order chi connectivity index (χ0) is 20.5. The molecule has 0 aromatic carbocycles. The lowest BCUT2D eigenvalue weighted by atomic mass is 9.88. The fourth-order valence-corrected chi connectivity index (χ4v) is 4.79. The third-order valence-electron chi connectivity index (χ3n) is 6.43. The van der Waals surface area contributed by atoms with E-state index < -0.39 is 6.10 Å². The quantitative estimate of drug-likeness (QED) is 0.296. The highest BCUT2D eigenvalue weighted by molar-refractivity contribution is 5.68. The summed E-state index contributed by atoms with van der Waals surface area (Å²) in [5.41, 5.74) is 0. The Morgan fingerprint density at radius 2 is 2.07 bits per heavy atom. The van der Waals surface area contributed by atoms with Gasteiger partial charge in [0.15, 0.2) is 0 Å². The van der Waals surface area contributed by atoms with E-state index in [1.807, 2.05) is 12.2 Å². The Morgan fingerprint density at radius 1 is 1.29 bits per heavy atom. The van der Waals surface area contributed by atoms with E-state index in [1.54, 1.807) is 0 Å². The zero-order valence-corrected chi connectivity index (χ0v) is 17.9. The summed E-state index contributed by atoms with van der Waals surface area (Å²) in [6, 6.07) is 0. The lowest BCUT2D eigenvalue weighted by Gasteiger charge is -2.19. The number of esters is 1. The van der Waals surface area contributed by atoms with Crippen molar-refractivity contribution >= 4 is 5.97 Å². The number of ether oxygens (including phenoxy) is 2. The molecule has 1 saturated carbocycles. The lowest BCUT2D eigenvalue weighted by molar-refractivity contribution is -0.140. The van der Waals surface area contributed by atoms with Gasteiger partial charge in [-0.3, -0.25) is 4.79 Å². The number of hydrogen-bond donors (Lipinski definition) is 2.